The van der Waals surface area contributed by atoms with Crippen molar-refractivity contribution in [2.45, 2.75) is 44.6 Å². The number of aromatic nitrogens is 2. The number of H-pyrrole nitrogens is 1. The van der Waals surface area contributed by atoms with E-state index in [-0.39, 0.29) is 6.04 Å². The van der Waals surface area contributed by atoms with Crippen LogP contribution in [-0.4, -0.2) is 24.7 Å². The summed E-state index contributed by atoms with van der Waals surface area (Å²) in [5.74, 6) is 0. The second-order valence-electron chi connectivity index (χ2n) is 5.23. The molecular weight excluding hydrogens is 286 g/mol. The van der Waals surface area contributed by atoms with Gasteiger partial charge < -0.3 is 0 Å². The van der Waals surface area contributed by atoms with E-state index in [1.807, 2.05) is 39.0 Å². The second-order valence-corrected chi connectivity index (χ2v) is 6.91. The molecular formula is C15H21N3O2S. The topological polar surface area (TPSA) is 74.8 Å². The molecule has 114 valence electrons. The first-order valence-corrected chi connectivity index (χ1v) is 8.52. The summed E-state index contributed by atoms with van der Waals surface area (Å²) >= 11 is 0. The fourth-order valence-corrected chi connectivity index (χ4v) is 3.88. The van der Waals surface area contributed by atoms with Gasteiger partial charge in [0.15, 0.2) is 0 Å². The van der Waals surface area contributed by atoms with Gasteiger partial charge in [0.1, 0.15) is 0 Å². The minimum Gasteiger partial charge on any atom is -0.283 e. The molecule has 0 aliphatic heterocycles. The SMILES string of the molecule is CCc1ccccc1S(=O)(=O)NC(C)Cc1cc(C)[nH]n1. The Morgan fingerprint density at radius 1 is 1.33 bits per heavy atom. The number of benzene rings is 1. The fraction of sp³-hybridized carbons (Fsp3) is 0.400. The van der Waals surface area contributed by atoms with Gasteiger partial charge in [0.05, 0.1) is 10.6 Å². The van der Waals surface area contributed by atoms with Crippen LogP contribution in [0, 0.1) is 6.92 Å². The summed E-state index contributed by atoms with van der Waals surface area (Å²) in [6.45, 7) is 5.71. The van der Waals surface area contributed by atoms with Crippen LogP contribution in [0.3, 0.4) is 0 Å². The van der Waals surface area contributed by atoms with Crippen LogP contribution in [0.5, 0.6) is 0 Å². The third kappa shape index (κ3) is 3.92. The lowest BCUT2D eigenvalue weighted by Gasteiger charge is -2.15. The normalized spacial score (nSPS) is 13.3. The van der Waals surface area contributed by atoms with Crippen LogP contribution in [0.25, 0.3) is 0 Å². The molecule has 1 unspecified atom stereocenters. The lowest BCUT2D eigenvalue weighted by molar-refractivity contribution is 0.557. The van der Waals surface area contributed by atoms with Gasteiger partial charge in [0.25, 0.3) is 0 Å². The van der Waals surface area contributed by atoms with Crippen LogP contribution < -0.4 is 4.72 Å². The maximum atomic E-state index is 12.5. The van der Waals surface area contributed by atoms with Crippen molar-refractivity contribution in [3.8, 4) is 0 Å². The molecule has 0 radical (unpaired) electrons. The first-order valence-electron chi connectivity index (χ1n) is 7.03. The van der Waals surface area contributed by atoms with Gasteiger partial charge >= 0.3 is 0 Å². The highest BCUT2D eigenvalue weighted by Crippen LogP contribution is 2.16. The summed E-state index contributed by atoms with van der Waals surface area (Å²) in [4.78, 5) is 0.359. The molecule has 5 nitrogen and oxygen atoms in total. The summed E-state index contributed by atoms with van der Waals surface area (Å²) < 4.78 is 27.7. The Labute approximate surface area is 125 Å². The van der Waals surface area contributed by atoms with Crippen LogP contribution in [0.4, 0.5) is 0 Å². The van der Waals surface area contributed by atoms with Crippen LogP contribution in [0.2, 0.25) is 0 Å². The molecule has 0 amide bonds. The molecule has 2 rings (SSSR count). The Bertz CT molecular complexity index is 707. The molecule has 1 atom stereocenters. The molecule has 0 saturated carbocycles. The van der Waals surface area contributed by atoms with E-state index in [4.69, 9.17) is 0 Å². The fourth-order valence-electron chi connectivity index (χ4n) is 2.32. The number of hydrogen-bond donors (Lipinski definition) is 2. The summed E-state index contributed by atoms with van der Waals surface area (Å²) in [7, 11) is -3.50. The Morgan fingerprint density at radius 3 is 2.67 bits per heavy atom. The third-order valence-corrected chi connectivity index (χ3v) is 4.96. The predicted octanol–water partition coefficient (Wildman–Crippen LogP) is 2.19. The number of sulfonamides is 1. The van der Waals surface area contributed by atoms with E-state index in [1.54, 1.807) is 12.1 Å². The van der Waals surface area contributed by atoms with Crippen LogP contribution >= 0.6 is 0 Å². The first kappa shape index (κ1) is 15.7. The lowest BCUT2D eigenvalue weighted by Crippen LogP contribution is -2.34. The molecule has 0 fully saturated rings. The van der Waals surface area contributed by atoms with Gasteiger partial charge in [-0.1, -0.05) is 25.1 Å². The first-order chi connectivity index (χ1) is 9.92. The van der Waals surface area contributed by atoms with E-state index in [0.29, 0.717) is 17.7 Å². The van der Waals surface area contributed by atoms with Crippen molar-refractivity contribution < 1.29 is 8.42 Å². The summed E-state index contributed by atoms with van der Waals surface area (Å²) in [5.41, 5.74) is 2.65. The zero-order valence-electron chi connectivity index (χ0n) is 12.6. The Kier molecular flexibility index (Phi) is 4.80. The van der Waals surface area contributed by atoms with E-state index in [9.17, 15) is 8.42 Å². The highest BCUT2D eigenvalue weighted by Gasteiger charge is 2.20. The molecule has 0 aliphatic carbocycles. The van der Waals surface area contributed by atoms with Crippen molar-refractivity contribution in [3.63, 3.8) is 0 Å². The zero-order valence-corrected chi connectivity index (χ0v) is 13.4. The number of aromatic amines is 1. The molecule has 0 bridgehead atoms. The van der Waals surface area contributed by atoms with E-state index in [2.05, 4.69) is 14.9 Å². The number of rotatable bonds is 6. The lowest BCUT2D eigenvalue weighted by atomic mass is 10.2. The van der Waals surface area contributed by atoms with E-state index < -0.39 is 10.0 Å². The smallest absolute Gasteiger partial charge is 0.241 e. The molecule has 0 spiro atoms. The van der Waals surface area contributed by atoms with Crippen molar-refractivity contribution in [2.75, 3.05) is 0 Å². The van der Waals surface area contributed by atoms with E-state index >= 15 is 0 Å². The molecule has 2 aromatic rings. The van der Waals surface area contributed by atoms with Gasteiger partial charge in [0, 0.05) is 18.2 Å². The van der Waals surface area contributed by atoms with Gasteiger partial charge in [-0.25, -0.2) is 13.1 Å². The average molecular weight is 307 g/mol. The average Bonchev–Trinajstić information content (AvgIpc) is 2.83. The molecule has 1 aromatic heterocycles. The number of hydrogen-bond acceptors (Lipinski definition) is 3. The number of aryl methyl sites for hydroxylation is 2. The Balaban J connectivity index is 2.13. The van der Waals surface area contributed by atoms with Gasteiger partial charge in [-0.15, -0.1) is 0 Å². The second kappa shape index (κ2) is 6.41. The van der Waals surface area contributed by atoms with Crippen molar-refractivity contribution >= 4 is 10.0 Å². The Hall–Kier alpha value is -1.66. The predicted molar refractivity (Wildman–Crippen MR) is 82.6 cm³/mol. The summed E-state index contributed by atoms with van der Waals surface area (Å²) in [6, 6.07) is 8.79. The molecule has 1 aromatic carbocycles. The summed E-state index contributed by atoms with van der Waals surface area (Å²) in [5, 5.41) is 6.99. The maximum Gasteiger partial charge on any atom is 0.241 e. The zero-order chi connectivity index (χ0) is 15.5. The van der Waals surface area contributed by atoms with Crippen LogP contribution in [-0.2, 0) is 22.9 Å². The van der Waals surface area contributed by atoms with Gasteiger partial charge in [-0.3, -0.25) is 5.10 Å². The number of nitrogens with zero attached hydrogens (tertiary/aromatic N) is 1. The highest BCUT2D eigenvalue weighted by molar-refractivity contribution is 7.89. The van der Waals surface area contributed by atoms with Gasteiger partial charge in [-0.2, -0.15) is 5.10 Å². The highest BCUT2D eigenvalue weighted by atomic mass is 32.2. The van der Waals surface area contributed by atoms with Crippen molar-refractivity contribution in [3.05, 3.63) is 47.3 Å². The molecule has 6 heteroatoms. The number of nitrogens with one attached hydrogen (secondary N) is 2. The minimum atomic E-state index is -3.50. The standard InChI is InChI=1S/C15H21N3O2S/c1-4-13-7-5-6-8-15(13)21(19,20)18-12(3)10-14-9-11(2)16-17-14/h5-9,12,18H,4,10H2,1-3H3,(H,16,17). The van der Waals surface area contributed by atoms with Gasteiger partial charge in [0.2, 0.25) is 10.0 Å². The summed E-state index contributed by atoms with van der Waals surface area (Å²) in [6.07, 6.45) is 1.24. The van der Waals surface area contributed by atoms with Crippen molar-refractivity contribution in [1.82, 2.24) is 14.9 Å². The molecule has 2 N–H and O–H groups in total. The minimum absolute atomic E-state index is 0.220. The monoisotopic (exact) mass is 307 g/mol. The van der Waals surface area contributed by atoms with Crippen LogP contribution in [0.15, 0.2) is 35.2 Å². The molecule has 1 heterocycles. The quantitative estimate of drug-likeness (QED) is 0.859. The molecule has 21 heavy (non-hydrogen) atoms. The molecule has 0 aliphatic rings. The van der Waals surface area contributed by atoms with Gasteiger partial charge in [-0.05, 0) is 38.0 Å². The van der Waals surface area contributed by atoms with E-state index in [0.717, 1.165) is 17.0 Å². The van der Waals surface area contributed by atoms with Crippen LogP contribution in [0.1, 0.15) is 30.8 Å². The largest absolute Gasteiger partial charge is 0.283 e. The van der Waals surface area contributed by atoms with Crippen molar-refractivity contribution in [1.29, 1.82) is 0 Å². The van der Waals surface area contributed by atoms with E-state index in [1.165, 1.54) is 0 Å². The maximum absolute atomic E-state index is 12.5. The molecule has 0 saturated heterocycles. The van der Waals surface area contributed by atoms with Crippen molar-refractivity contribution in [2.24, 2.45) is 0 Å². The third-order valence-electron chi connectivity index (χ3n) is 3.27. The Morgan fingerprint density at radius 2 is 2.05 bits per heavy atom.